The SMILES string of the molecule is COC(=O)c1ccc(-c2ccc(O)c(C#N)c2)cc1. The van der Waals surface area contributed by atoms with Crippen molar-refractivity contribution in [2.24, 2.45) is 0 Å². The number of nitrogens with zero attached hydrogens (tertiary/aromatic N) is 1. The minimum Gasteiger partial charge on any atom is -0.507 e. The summed E-state index contributed by atoms with van der Waals surface area (Å²) < 4.78 is 4.62. The van der Waals surface area contributed by atoms with Crippen LogP contribution in [0.2, 0.25) is 0 Å². The number of nitriles is 1. The van der Waals surface area contributed by atoms with E-state index >= 15 is 0 Å². The first-order chi connectivity index (χ1) is 9.15. The standard InChI is InChI=1S/C15H11NO3/c1-19-15(18)11-4-2-10(3-5-11)12-6-7-14(17)13(8-12)9-16/h2-8,17H,1H3. The molecule has 0 fully saturated rings. The van der Waals surface area contributed by atoms with Crippen molar-refractivity contribution in [3.8, 4) is 22.9 Å². The van der Waals surface area contributed by atoms with Crippen molar-refractivity contribution >= 4 is 5.97 Å². The highest BCUT2D eigenvalue weighted by molar-refractivity contribution is 5.90. The van der Waals surface area contributed by atoms with E-state index in [0.717, 1.165) is 11.1 Å². The molecule has 1 N–H and O–H groups in total. The number of rotatable bonds is 2. The molecule has 0 saturated carbocycles. The third kappa shape index (κ3) is 2.55. The molecule has 0 heterocycles. The molecule has 4 heteroatoms. The Morgan fingerprint density at radius 3 is 2.37 bits per heavy atom. The van der Waals surface area contributed by atoms with Crippen molar-refractivity contribution in [2.75, 3.05) is 7.11 Å². The van der Waals surface area contributed by atoms with Crippen molar-refractivity contribution in [3.05, 3.63) is 53.6 Å². The summed E-state index contributed by atoms with van der Waals surface area (Å²) in [6.07, 6.45) is 0. The van der Waals surface area contributed by atoms with E-state index in [1.165, 1.54) is 13.2 Å². The van der Waals surface area contributed by atoms with Crippen LogP contribution in [0.25, 0.3) is 11.1 Å². The summed E-state index contributed by atoms with van der Waals surface area (Å²) in [6, 6.07) is 13.5. The van der Waals surface area contributed by atoms with Crippen LogP contribution in [0.1, 0.15) is 15.9 Å². The van der Waals surface area contributed by atoms with Crippen LogP contribution in [-0.2, 0) is 4.74 Å². The summed E-state index contributed by atoms with van der Waals surface area (Å²) in [5.41, 5.74) is 2.33. The average Bonchev–Trinajstić information content (AvgIpc) is 2.47. The van der Waals surface area contributed by atoms with E-state index in [1.54, 1.807) is 36.4 Å². The molecule has 94 valence electrons. The molecule has 0 aromatic heterocycles. The number of benzene rings is 2. The highest BCUT2D eigenvalue weighted by Crippen LogP contribution is 2.25. The Balaban J connectivity index is 2.38. The molecular formula is C15H11NO3. The van der Waals surface area contributed by atoms with Gasteiger partial charge in [-0.1, -0.05) is 18.2 Å². The number of phenols is 1. The largest absolute Gasteiger partial charge is 0.507 e. The van der Waals surface area contributed by atoms with E-state index in [4.69, 9.17) is 5.26 Å². The van der Waals surface area contributed by atoms with Gasteiger partial charge < -0.3 is 9.84 Å². The Morgan fingerprint density at radius 1 is 1.16 bits per heavy atom. The molecular weight excluding hydrogens is 242 g/mol. The number of methoxy groups -OCH3 is 1. The normalized spacial score (nSPS) is 9.68. The number of hydrogen-bond donors (Lipinski definition) is 1. The van der Waals surface area contributed by atoms with E-state index in [-0.39, 0.29) is 11.3 Å². The number of ether oxygens (including phenoxy) is 1. The zero-order valence-corrected chi connectivity index (χ0v) is 10.3. The number of hydrogen-bond acceptors (Lipinski definition) is 4. The van der Waals surface area contributed by atoms with Gasteiger partial charge in [0.15, 0.2) is 0 Å². The predicted molar refractivity (Wildman–Crippen MR) is 69.6 cm³/mol. The Labute approximate surface area is 110 Å². The number of carbonyl (C=O) groups is 1. The molecule has 4 nitrogen and oxygen atoms in total. The lowest BCUT2D eigenvalue weighted by molar-refractivity contribution is 0.0601. The van der Waals surface area contributed by atoms with Crippen LogP contribution in [-0.4, -0.2) is 18.2 Å². The van der Waals surface area contributed by atoms with Gasteiger partial charge in [0, 0.05) is 0 Å². The van der Waals surface area contributed by atoms with E-state index < -0.39 is 5.97 Å². The molecule has 0 radical (unpaired) electrons. The van der Waals surface area contributed by atoms with Crippen LogP contribution in [0.4, 0.5) is 0 Å². The fraction of sp³-hybridized carbons (Fsp3) is 0.0667. The van der Waals surface area contributed by atoms with Gasteiger partial charge in [-0.25, -0.2) is 4.79 Å². The smallest absolute Gasteiger partial charge is 0.337 e. The first-order valence-electron chi connectivity index (χ1n) is 5.57. The monoisotopic (exact) mass is 253 g/mol. The highest BCUT2D eigenvalue weighted by atomic mass is 16.5. The number of aromatic hydroxyl groups is 1. The molecule has 0 atom stereocenters. The van der Waals surface area contributed by atoms with E-state index in [2.05, 4.69) is 4.74 Å². The predicted octanol–water partition coefficient (Wildman–Crippen LogP) is 2.72. The first kappa shape index (κ1) is 12.7. The van der Waals surface area contributed by atoms with E-state index in [1.807, 2.05) is 6.07 Å². The molecule has 19 heavy (non-hydrogen) atoms. The Bertz CT molecular complexity index is 654. The second-order valence-corrected chi connectivity index (χ2v) is 3.91. The third-order valence-electron chi connectivity index (χ3n) is 2.76. The van der Waals surface area contributed by atoms with Crippen molar-refractivity contribution in [1.29, 1.82) is 5.26 Å². The van der Waals surface area contributed by atoms with Crippen molar-refractivity contribution in [1.82, 2.24) is 0 Å². The van der Waals surface area contributed by atoms with Gasteiger partial charge in [-0.05, 0) is 35.4 Å². The first-order valence-corrected chi connectivity index (χ1v) is 5.57. The number of carbonyl (C=O) groups excluding carboxylic acids is 1. The van der Waals surface area contributed by atoms with Gasteiger partial charge in [0.25, 0.3) is 0 Å². The molecule has 0 unspecified atom stereocenters. The molecule has 2 aromatic carbocycles. The third-order valence-corrected chi connectivity index (χ3v) is 2.76. The quantitative estimate of drug-likeness (QED) is 0.835. The van der Waals surface area contributed by atoms with Crippen LogP contribution in [0.15, 0.2) is 42.5 Å². The second-order valence-electron chi connectivity index (χ2n) is 3.91. The van der Waals surface area contributed by atoms with Gasteiger partial charge >= 0.3 is 5.97 Å². The zero-order chi connectivity index (χ0) is 13.8. The highest BCUT2D eigenvalue weighted by Gasteiger charge is 2.07. The summed E-state index contributed by atoms with van der Waals surface area (Å²) in [5, 5.41) is 18.3. The fourth-order valence-electron chi connectivity index (χ4n) is 1.72. The zero-order valence-electron chi connectivity index (χ0n) is 10.3. The molecule has 2 aromatic rings. The summed E-state index contributed by atoms with van der Waals surface area (Å²) in [5.74, 6) is -0.438. The summed E-state index contributed by atoms with van der Waals surface area (Å²) >= 11 is 0. The van der Waals surface area contributed by atoms with Crippen molar-refractivity contribution < 1.29 is 14.6 Å². The molecule has 0 amide bonds. The van der Waals surface area contributed by atoms with E-state index in [9.17, 15) is 9.90 Å². The molecule has 0 aliphatic carbocycles. The lowest BCUT2D eigenvalue weighted by atomic mass is 10.0. The Morgan fingerprint density at radius 2 is 1.79 bits per heavy atom. The van der Waals surface area contributed by atoms with Gasteiger partial charge in [0.1, 0.15) is 11.8 Å². The maximum Gasteiger partial charge on any atom is 0.337 e. The minimum absolute atomic E-state index is 0.0440. The Hall–Kier alpha value is -2.80. The van der Waals surface area contributed by atoms with Gasteiger partial charge in [-0.15, -0.1) is 0 Å². The second kappa shape index (κ2) is 5.23. The van der Waals surface area contributed by atoms with Gasteiger partial charge in [0.05, 0.1) is 18.2 Å². The molecule has 0 spiro atoms. The molecule has 0 saturated heterocycles. The van der Waals surface area contributed by atoms with Crippen molar-refractivity contribution in [2.45, 2.75) is 0 Å². The van der Waals surface area contributed by atoms with Gasteiger partial charge in [-0.3, -0.25) is 0 Å². The minimum atomic E-state index is -0.394. The van der Waals surface area contributed by atoms with Crippen LogP contribution in [0.3, 0.4) is 0 Å². The van der Waals surface area contributed by atoms with Crippen LogP contribution in [0.5, 0.6) is 5.75 Å². The molecule has 2 rings (SSSR count). The maximum absolute atomic E-state index is 11.3. The maximum atomic E-state index is 11.3. The van der Waals surface area contributed by atoms with Crippen LogP contribution in [0, 0.1) is 11.3 Å². The number of phenolic OH excluding ortho intramolecular Hbond substituents is 1. The molecule has 0 aliphatic heterocycles. The number of esters is 1. The van der Waals surface area contributed by atoms with Crippen LogP contribution >= 0.6 is 0 Å². The van der Waals surface area contributed by atoms with E-state index in [0.29, 0.717) is 5.56 Å². The molecule has 0 aliphatic rings. The summed E-state index contributed by atoms with van der Waals surface area (Å²) in [7, 11) is 1.33. The lowest BCUT2D eigenvalue weighted by Crippen LogP contribution is -2.00. The lowest BCUT2D eigenvalue weighted by Gasteiger charge is -2.05. The Kier molecular flexibility index (Phi) is 3.48. The topological polar surface area (TPSA) is 70.3 Å². The summed E-state index contributed by atoms with van der Waals surface area (Å²) in [4.78, 5) is 11.3. The van der Waals surface area contributed by atoms with Gasteiger partial charge in [-0.2, -0.15) is 5.26 Å². The summed E-state index contributed by atoms with van der Waals surface area (Å²) in [6.45, 7) is 0. The van der Waals surface area contributed by atoms with Crippen LogP contribution < -0.4 is 0 Å². The molecule has 0 bridgehead atoms. The average molecular weight is 253 g/mol. The van der Waals surface area contributed by atoms with Crippen molar-refractivity contribution in [3.63, 3.8) is 0 Å². The fourth-order valence-corrected chi connectivity index (χ4v) is 1.72. The van der Waals surface area contributed by atoms with Gasteiger partial charge in [0.2, 0.25) is 0 Å².